The normalized spacial score (nSPS) is 20.5. The summed E-state index contributed by atoms with van der Waals surface area (Å²) in [7, 11) is 1.60. The predicted molar refractivity (Wildman–Crippen MR) is 90.7 cm³/mol. The molecule has 0 bridgehead atoms. The van der Waals surface area contributed by atoms with Crippen molar-refractivity contribution >= 4 is 12.0 Å². The van der Waals surface area contributed by atoms with E-state index in [0.29, 0.717) is 31.2 Å². The summed E-state index contributed by atoms with van der Waals surface area (Å²) in [6.45, 7) is 5.46. The third-order valence-electron chi connectivity index (χ3n) is 4.65. The van der Waals surface area contributed by atoms with E-state index in [1.807, 2.05) is 38.1 Å². The Balaban J connectivity index is 1.51. The Kier molecular flexibility index (Phi) is 5.01. The molecule has 0 spiro atoms. The number of likely N-dealkylation sites (tertiary alicyclic amines) is 1. The van der Waals surface area contributed by atoms with Crippen LogP contribution in [-0.2, 0) is 9.53 Å². The molecule has 136 valence electrons. The summed E-state index contributed by atoms with van der Waals surface area (Å²) in [5, 5.41) is 0. The summed E-state index contributed by atoms with van der Waals surface area (Å²) < 4.78 is 16.2. The first-order valence-electron chi connectivity index (χ1n) is 8.50. The van der Waals surface area contributed by atoms with Gasteiger partial charge in [0.1, 0.15) is 19.3 Å². The Morgan fingerprint density at radius 2 is 1.96 bits per heavy atom. The number of para-hydroxylation sites is 2. The van der Waals surface area contributed by atoms with Gasteiger partial charge in [-0.25, -0.2) is 4.79 Å². The van der Waals surface area contributed by atoms with E-state index in [9.17, 15) is 9.59 Å². The molecule has 1 aromatic rings. The molecule has 1 atom stereocenters. The lowest BCUT2D eigenvalue weighted by atomic mass is 10.0. The fourth-order valence-electron chi connectivity index (χ4n) is 3.06. The number of hydrogen-bond acceptors (Lipinski definition) is 5. The van der Waals surface area contributed by atoms with Crippen molar-refractivity contribution in [3.63, 3.8) is 0 Å². The molecule has 2 amide bonds. The molecule has 0 aliphatic carbocycles. The maximum absolute atomic E-state index is 12.4. The van der Waals surface area contributed by atoms with Crippen molar-refractivity contribution in [2.75, 3.05) is 33.4 Å². The molecule has 2 aliphatic rings. The van der Waals surface area contributed by atoms with Crippen LogP contribution in [0.2, 0.25) is 0 Å². The highest BCUT2D eigenvalue weighted by Gasteiger charge is 2.39. The number of amides is 2. The summed E-state index contributed by atoms with van der Waals surface area (Å²) in [6, 6.07) is 7.39. The van der Waals surface area contributed by atoms with Crippen LogP contribution in [0.15, 0.2) is 24.3 Å². The molecule has 0 aromatic heterocycles. The highest BCUT2D eigenvalue weighted by molar-refractivity contribution is 5.83. The zero-order valence-corrected chi connectivity index (χ0v) is 14.8. The van der Waals surface area contributed by atoms with Gasteiger partial charge in [-0.1, -0.05) is 26.0 Å². The quantitative estimate of drug-likeness (QED) is 0.784. The summed E-state index contributed by atoms with van der Waals surface area (Å²) >= 11 is 0. The monoisotopic (exact) mass is 348 g/mol. The third kappa shape index (κ3) is 3.65. The highest BCUT2D eigenvalue weighted by atomic mass is 16.6. The minimum atomic E-state index is -0.408. The van der Waals surface area contributed by atoms with Crippen LogP contribution in [0.3, 0.4) is 0 Å². The minimum absolute atomic E-state index is 0.0432. The fraction of sp³-hybridized carbons (Fsp3) is 0.556. The SMILES string of the molecule is COc1ccccc1OC1CN(C(=O)CN2C(=O)OC[C@@H]2C(C)C)C1. The van der Waals surface area contributed by atoms with Crippen LogP contribution >= 0.6 is 0 Å². The molecule has 2 heterocycles. The van der Waals surface area contributed by atoms with Gasteiger partial charge in [-0.3, -0.25) is 9.69 Å². The van der Waals surface area contributed by atoms with Crippen LogP contribution in [0.1, 0.15) is 13.8 Å². The van der Waals surface area contributed by atoms with Crippen LogP contribution in [0.4, 0.5) is 4.79 Å². The number of methoxy groups -OCH3 is 1. The molecule has 3 rings (SSSR count). The van der Waals surface area contributed by atoms with E-state index in [1.54, 1.807) is 12.0 Å². The second kappa shape index (κ2) is 7.21. The molecule has 0 N–H and O–H groups in total. The van der Waals surface area contributed by atoms with Crippen molar-refractivity contribution in [3.05, 3.63) is 24.3 Å². The molecule has 0 radical (unpaired) electrons. The van der Waals surface area contributed by atoms with E-state index < -0.39 is 6.09 Å². The minimum Gasteiger partial charge on any atom is -0.493 e. The predicted octanol–water partition coefficient (Wildman–Crippen LogP) is 1.76. The van der Waals surface area contributed by atoms with Gasteiger partial charge < -0.3 is 19.1 Å². The third-order valence-corrected chi connectivity index (χ3v) is 4.65. The summed E-state index contributed by atoms with van der Waals surface area (Å²) in [5.74, 6) is 1.51. The standard InChI is InChI=1S/C18H24N2O5/c1-12(2)14-11-24-18(22)20(14)10-17(21)19-8-13(9-19)25-16-7-5-4-6-15(16)23-3/h4-7,12-14H,8-11H2,1-3H3/t14-/m1/s1. The first kappa shape index (κ1) is 17.4. The summed E-state index contributed by atoms with van der Waals surface area (Å²) in [6.07, 6.45) is -0.471. The van der Waals surface area contributed by atoms with E-state index in [0.717, 1.165) is 0 Å². The van der Waals surface area contributed by atoms with Gasteiger partial charge in [-0.05, 0) is 18.1 Å². The molecule has 1 aromatic carbocycles. The van der Waals surface area contributed by atoms with E-state index in [1.165, 1.54) is 4.90 Å². The van der Waals surface area contributed by atoms with Gasteiger partial charge in [0.15, 0.2) is 11.5 Å². The van der Waals surface area contributed by atoms with Crippen molar-refractivity contribution in [2.45, 2.75) is 26.0 Å². The van der Waals surface area contributed by atoms with Gasteiger partial charge in [0.25, 0.3) is 0 Å². The van der Waals surface area contributed by atoms with Gasteiger partial charge in [-0.15, -0.1) is 0 Å². The van der Waals surface area contributed by atoms with Crippen molar-refractivity contribution in [3.8, 4) is 11.5 Å². The van der Waals surface area contributed by atoms with E-state index in [2.05, 4.69) is 0 Å². The topological polar surface area (TPSA) is 68.3 Å². The maximum Gasteiger partial charge on any atom is 0.410 e. The first-order valence-corrected chi connectivity index (χ1v) is 8.50. The smallest absolute Gasteiger partial charge is 0.410 e. The lowest BCUT2D eigenvalue weighted by Gasteiger charge is -2.40. The average molecular weight is 348 g/mol. The number of ether oxygens (including phenoxy) is 3. The number of carbonyl (C=O) groups is 2. The van der Waals surface area contributed by atoms with Crippen LogP contribution in [0.5, 0.6) is 11.5 Å². The van der Waals surface area contributed by atoms with Crippen LogP contribution < -0.4 is 9.47 Å². The Hall–Kier alpha value is -2.44. The Morgan fingerprint density at radius 1 is 1.28 bits per heavy atom. The van der Waals surface area contributed by atoms with Crippen molar-refractivity contribution in [1.29, 1.82) is 0 Å². The number of cyclic esters (lactones) is 1. The van der Waals surface area contributed by atoms with Gasteiger partial charge in [0.2, 0.25) is 5.91 Å². The second-order valence-electron chi connectivity index (χ2n) is 6.71. The summed E-state index contributed by atoms with van der Waals surface area (Å²) in [5.41, 5.74) is 0. The molecule has 0 saturated carbocycles. The van der Waals surface area contributed by atoms with Gasteiger partial charge in [0, 0.05) is 0 Å². The van der Waals surface area contributed by atoms with Crippen LogP contribution in [0, 0.1) is 5.92 Å². The molecule has 2 aliphatic heterocycles. The van der Waals surface area contributed by atoms with Crippen LogP contribution in [0.25, 0.3) is 0 Å². The zero-order valence-electron chi connectivity index (χ0n) is 14.8. The van der Waals surface area contributed by atoms with E-state index in [-0.39, 0.29) is 30.5 Å². The van der Waals surface area contributed by atoms with Crippen molar-refractivity contribution in [1.82, 2.24) is 9.80 Å². The van der Waals surface area contributed by atoms with Gasteiger partial charge in [-0.2, -0.15) is 0 Å². The largest absolute Gasteiger partial charge is 0.493 e. The molecule has 2 saturated heterocycles. The lowest BCUT2D eigenvalue weighted by Crippen LogP contribution is -2.58. The molecule has 0 unspecified atom stereocenters. The maximum atomic E-state index is 12.4. The Morgan fingerprint density at radius 3 is 2.60 bits per heavy atom. The number of hydrogen-bond donors (Lipinski definition) is 0. The molecular formula is C18H24N2O5. The highest BCUT2D eigenvalue weighted by Crippen LogP contribution is 2.29. The van der Waals surface area contributed by atoms with E-state index >= 15 is 0 Å². The molecule has 7 nitrogen and oxygen atoms in total. The van der Waals surface area contributed by atoms with E-state index in [4.69, 9.17) is 14.2 Å². The molecule has 25 heavy (non-hydrogen) atoms. The van der Waals surface area contributed by atoms with Gasteiger partial charge in [0.05, 0.1) is 26.2 Å². The number of rotatable bonds is 6. The zero-order chi connectivity index (χ0) is 18.0. The fourth-order valence-corrected chi connectivity index (χ4v) is 3.06. The molecule has 2 fully saturated rings. The number of nitrogens with zero attached hydrogens (tertiary/aromatic N) is 2. The molecular weight excluding hydrogens is 324 g/mol. The second-order valence-corrected chi connectivity index (χ2v) is 6.71. The first-order chi connectivity index (χ1) is 12.0. The average Bonchev–Trinajstić information content (AvgIpc) is 2.91. The molecule has 7 heteroatoms. The number of benzene rings is 1. The van der Waals surface area contributed by atoms with Gasteiger partial charge >= 0.3 is 6.09 Å². The summed E-state index contributed by atoms with van der Waals surface area (Å²) in [4.78, 5) is 27.5. The van der Waals surface area contributed by atoms with Crippen molar-refractivity contribution < 1.29 is 23.8 Å². The number of carbonyl (C=O) groups excluding carboxylic acids is 2. The Bertz CT molecular complexity index is 642. The lowest BCUT2D eigenvalue weighted by molar-refractivity contribution is -0.141. The van der Waals surface area contributed by atoms with Crippen molar-refractivity contribution in [2.24, 2.45) is 5.92 Å². The van der Waals surface area contributed by atoms with Crippen LogP contribution in [-0.4, -0.2) is 67.3 Å². The Labute approximate surface area is 147 Å².